The Balaban J connectivity index is 1.59. The molecule has 2 aliphatic heterocycles. The van der Waals surface area contributed by atoms with E-state index in [4.69, 9.17) is 14.2 Å². The molecule has 2 heterocycles. The summed E-state index contributed by atoms with van der Waals surface area (Å²) in [6.45, 7) is 0.655. The summed E-state index contributed by atoms with van der Waals surface area (Å²) in [5.41, 5.74) is 0. The van der Waals surface area contributed by atoms with Gasteiger partial charge in [-0.05, 0) is 18.3 Å². The van der Waals surface area contributed by atoms with Gasteiger partial charge in [-0.2, -0.15) is 0 Å². The van der Waals surface area contributed by atoms with Crippen LogP contribution in [-0.4, -0.2) is 44.8 Å². The van der Waals surface area contributed by atoms with E-state index in [1.807, 2.05) is 0 Å². The lowest BCUT2D eigenvalue weighted by molar-refractivity contribution is -0.186. The van der Waals surface area contributed by atoms with E-state index in [2.05, 4.69) is 4.74 Å². The Morgan fingerprint density at radius 3 is 3.13 bits per heavy atom. The third-order valence-corrected chi connectivity index (χ3v) is 3.41. The van der Waals surface area contributed by atoms with Crippen molar-refractivity contribution in [2.45, 2.75) is 24.9 Å². The van der Waals surface area contributed by atoms with Crippen LogP contribution in [0.1, 0.15) is 6.42 Å². The highest BCUT2D eigenvalue weighted by molar-refractivity contribution is 5.70. The maximum atomic E-state index is 11.0. The number of hydrogen-bond acceptors (Lipinski definition) is 5. The molecule has 84 valence electrons. The van der Waals surface area contributed by atoms with Crippen molar-refractivity contribution in [2.24, 2.45) is 11.8 Å². The van der Waals surface area contributed by atoms with E-state index in [-0.39, 0.29) is 31.1 Å². The molecule has 0 radical (unpaired) electrons. The normalized spacial score (nSPS) is 46.1. The molecule has 0 unspecified atom stereocenters. The van der Waals surface area contributed by atoms with Crippen LogP contribution in [0.2, 0.25) is 0 Å². The van der Waals surface area contributed by atoms with E-state index in [0.717, 1.165) is 6.42 Å². The molecule has 3 aliphatic rings. The van der Waals surface area contributed by atoms with Gasteiger partial charge in [0.2, 0.25) is 0 Å². The molecule has 2 saturated heterocycles. The van der Waals surface area contributed by atoms with E-state index in [9.17, 15) is 4.79 Å². The minimum Gasteiger partial charge on any atom is -0.467 e. The summed E-state index contributed by atoms with van der Waals surface area (Å²) in [5, 5.41) is 0. The summed E-state index contributed by atoms with van der Waals surface area (Å²) < 4.78 is 21.1. The first-order valence-electron chi connectivity index (χ1n) is 5.25. The molecule has 5 atom stereocenters. The number of rotatable bonds is 3. The Bertz CT molecular complexity index is 279. The highest BCUT2D eigenvalue weighted by Crippen LogP contribution is 2.53. The van der Waals surface area contributed by atoms with Gasteiger partial charge >= 0.3 is 5.97 Å². The van der Waals surface area contributed by atoms with Gasteiger partial charge in [0.1, 0.15) is 12.7 Å². The number of carbonyl (C=O) groups is 1. The third kappa shape index (κ3) is 1.55. The van der Waals surface area contributed by atoms with Crippen molar-refractivity contribution in [3.63, 3.8) is 0 Å². The van der Waals surface area contributed by atoms with Gasteiger partial charge in [0.25, 0.3) is 0 Å². The van der Waals surface area contributed by atoms with E-state index >= 15 is 0 Å². The monoisotopic (exact) mass is 214 g/mol. The summed E-state index contributed by atoms with van der Waals surface area (Å²) >= 11 is 0. The molecule has 3 rings (SSSR count). The van der Waals surface area contributed by atoms with Crippen LogP contribution in [0.4, 0.5) is 0 Å². The molecule has 0 N–H and O–H groups in total. The quantitative estimate of drug-likeness (QED) is 0.616. The molecule has 0 aromatic rings. The third-order valence-electron chi connectivity index (χ3n) is 3.41. The Hall–Kier alpha value is -0.650. The van der Waals surface area contributed by atoms with Gasteiger partial charge in [0.15, 0.2) is 6.29 Å². The lowest BCUT2D eigenvalue weighted by Gasteiger charge is -2.26. The second-order valence-electron chi connectivity index (χ2n) is 4.29. The van der Waals surface area contributed by atoms with Crippen LogP contribution in [0.5, 0.6) is 0 Å². The average Bonchev–Trinajstić information content (AvgIpc) is 2.93. The van der Waals surface area contributed by atoms with Crippen LogP contribution in [0.15, 0.2) is 0 Å². The van der Waals surface area contributed by atoms with E-state index in [0.29, 0.717) is 18.4 Å². The van der Waals surface area contributed by atoms with Gasteiger partial charge in [0, 0.05) is 0 Å². The van der Waals surface area contributed by atoms with Crippen LogP contribution >= 0.6 is 0 Å². The Morgan fingerprint density at radius 2 is 2.33 bits per heavy atom. The first-order chi connectivity index (χ1) is 7.29. The zero-order chi connectivity index (χ0) is 10.4. The molecule has 1 saturated carbocycles. The van der Waals surface area contributed by atoms with E-state index < -0.39 is 0 Å². The average molecular weight is 214 g/mol. The fourth-order valence-corrected chi connectivity index (χ4v) is 2.51. The first kappa shape index (κ1) is 9.57. The lowest BCUT2D eigenvalue weighted by Crippen LogP contribution is -2.38. The predicted octanol–water partition coefficient (Wildman–Crippen LogP) is -0.0642. The Labute approximate surface area is 87.6 Å². The van der Waals surface area contributed by atoms with Gasteiger partial charge in [0.05, 0.1) is 19.8 Å². The molecular formula is C10H14O5. The SMILES string of the molecule is COC(=O)CO[C@H]1[C@@H]2OC[C@@H](O2)[C@H]2C[C@H]21. The van der Waals surface area contributed by atoms with Crippen LogP contribution in [-0.2, 0) is 23.7 Å². The fourth-order valence-electron chi connectivity index (χ4n) is 2.51. The lowest BCUT2D eigenvalue weighted by atomic mass is 10.1. The van der Waals surface area contributed by atoms with Crippen LogP contribution < -0.4 is 0 Å². The largest absolute Gasteiger partial charge is 0.467 e. The number of methoxy groups -OCH3 is 1. The molecule has 5 nitrogen and oxygen atoms in total. The van der Waals surface area contributed by atoms with Crippen LogP contribution in [0, 0.1) is 11.8 Å². The van der Waals surface area contributed by atoms with Crippen molar-refractivity contribution in [1.82, 2.24) is 0 Å². The zero-order valence-corrected chi connectivity index (χ0v) is 8.55. The van der Waals surface area contributed by atoms with Gasteiger partial charge in [-0.25, -0.2) is 4.79 Å². The summed E-state index contributed by atoms with van der Waals surface area (Å²) in [5.74, 6) is 0.736. The summed E-state index contributed by atoms with van der Waals surface area (Å²) in [6.07, 6.45) is 1.03. The van der Waals surface area contributed by atoms with Gasteiger partial charge in [-0.1, -0.05) is 0 Å². The molecule has 0 amide bonds. The second-order valence-corrected chi connectivity index (χ2v) is 4.29. The van der Waals surface area contributed by atoms with Crippen molar-refractivity contribution in [1.29, 1.82) is 0 Å². The molecular weight excluding hydrogens is 200 g/mol. The molecule has 5 heteroatoms. The number of carbonyl (C=O) groups excluding carboxylic acids is 1. The molecule has 0 spiro atoms. The topological polar surface area (TPSA) is 54.0 Å². The number of hydrogen-bond donors (Lipinski definition) is 0. The van der Waals surface area contributed by atoms with Crippen molar-refractivity contribution >= 4 is 5.97 Å². The molecule has 0 aromatic carbocycles. The number of esters is 1. The summed E-state index contributed by atoms with van der Waals surface area (Å²) in [7, 11) is 1.35. The Morgan fingerprint density at radius 1 is 1.47 bits per heavy atom. The van der Waals surface area contributed by atoms with Crippen LogP contribution in [0.3, 0.4) is 0 Å². The van der Waals surface area contributed by atoms with Gasteiger partial charge in [-0.3, -0.25) is 0 Å². The van der Waals surface area contributed by atoms with Crippen molar-refractivity contribution < 1.29 is 23.7 Å². The van der Waals surface area contributed by atoms with Crippen molar-refractivity contribution in [3.8, 4) is 0 Å². The summed E-state index contributed by atoms with van der Waals surface area (Å²) in [4.78, 5) is 11.0. The molecule has 2 bridgehead atoms. The highest BCUT2D eigenvalue weighted by Gasteiger charge is 2.59. The molecule has 0 aromatic heterocycles. The molecule has 15 heavy (non-hydrogen) atoms. The molecule has 3 fully saturated rings. The zero-order valence-electron chi connectivity index (χ0n) is 8.55. The maximum absolute atomic E-state index is 11.0. The Kier molecular flexibility index (Phi) is 2.19. The number of ether oxygens (including phenoxy) is 4. The van der Waals surface area contributed by atoms with Crippen LogP contribution in [0.25, 0.3) is 0 Å². The minimum absolute atomic E-state index is 0.0156. The second kappa shape index (κ2) is 3.43. The fraction of sp³-hybridized carbons (Fsp3) is 0.900. The van der Waals surface area contributed by atoms with Crippen molar-refractivity contribution in [3.05, 3.63) is 0 Å². The van der Waals surface area contributed by atoms with Crippen molar-refractivity contribution in [2.75, 3.05) is 20.3 Å². The predicted molar refractivity (Wildman–Crippen MR) is 48.0 cm³/mol. The summed E-state index contributed by atoms with van der Waals surface area (Å²) in [6, 6.07) is 0. The maximum Gasteiger partial charge on any atom is 0.331 e. The number of fused-ring (bicyclic) bond motifs is 4. The van der Waals surface area contributed by atoms with Gasteiger partial charge in [-0.15, -0.1) is 0 Å². The molecule has 1 aliphatic carbocycles. The van der Waals surface area contributed by atoms with Gasteiger partial charge < -0.3 is 18.9 Å². The standard InChI is InChI=1S/C10H14O5/c1-12-8(11)4-13-9-6-2-5(6)7-3-14-10(9)15-7/h5-7,9-10H,2-4H2,1H3/t5-,6+,7+,9+,10+/m0/s1. The minimum atomic E-state index is -0.354. The smallest absolute Gasteiger partial charge is 0.331 e. The van der Waals surface area contributed by atoms with E-state index in [1.54, 1.807) is 0 Å². The highest BCUT2D eigenvalue weighted by atomic mass is 16.7. The van der Waals surface area contributed by atoms with E-state index in [1.165, 1.54) is 7.11 Å². The first-order valence-corrected chi connectivity index (χ1v) is 5.25.